The fourth-order valence-corrected chi connectivity index (χ4v) is 1.86. The zero-order valence-electron chi connectivity index (χ0n) is 13.5. The van der Waals surface area contributed by atoms with E-state index in [0.717, 1.165) is 0 Å². The maximum absolute atomic E-state index is 13.5. The minimum atomic E-state index is -0.724. The van der Waals surface area contributed by atoms with Gasteiger partial charge >= 0.3 is 0 Å². The highest BCUT2D eigenvalue weighted by Gasteiger charge is 2.12. The molecular formula is C18H19FN2O3. The monoisotopic (exact) mass is 330 g/mol. The van der Waals surface area contributed by atoms with Crippen molar-refractivity contribution in [1.29, 1.82) is 0 Å². The number of hydrogen-bond acceptors (Lipinski definition) is 3. The normalized spacial score (nSPS) is 10.3. The average Bonchev–Trinajstić information content (AvgIpc) is 2.58. The van der Waals surface area contributed by atoms with Crippen LogP contribution in [-0.4, -0.2) is 18.4 Å². The summed E-state index contributed by atoms with van der Waals surface area (Å²) in [5.41, 5.74) is 4.64. The first kappa shape index (κ1) is 17.5. The van der Waals surface area contributed by atoms with Crippen molar-refractivity contribution in [1.82, 2.24) is 10.9 Å². The first-order chi connectivity index (χ1) is 11.5. The van der Waals surface area contributed by atoms with Crippen LogP contribution in [0, 0.1) is 11.7 Å². The van der Waals surface area contributed by atoms with Gasteiger partial charge in [-0.25, -0.2) is 4.39 Å². The molecule has 0 saturated carbocycles. The Labute approximate surface area is 139 Å². The predicted octanol–water partition coefficient (Wildman–Crippen LogP) is 2.94. The second-order valence-electron chi connectivity index (χ2n) is 5.62. The van der Waals surface area contributed by atoms with Crippen LogP contribution < -0.4 is 15.6 Å². The third-order valence-corrected chi connectivity index (χ3v) is 3.11. The van der Waals surface area contributed by atoms with Gasteiger partial charge in [-0.1, -0.05) is 26.0 Å². The third-order valence-electron chi connectivity index (χ3n) is 3.11. The molecule has 0 aromatic heterocycles. The van der Waals surface area contributed by atoms with Crippen LogP contribution in [0.3, 0.4) is 0 Å². The van der Waals surface area contributed by atoms with E-state index in [9.17, 15) is 14.0 Å². The molecule has 0 saturated heterocycles. The molecule has 0 bridgehead atoms. The van der Waals surface area contributed by atoms with Crippen molar-refractivity contribution >= 4 is 11.8 Å². The number of benzene rings is 2. The van der Waals surface area contributed by atoms with E-state index in [2.05, 4.69) is 10.9 Å². The molecule has 0 fully saturated rings. The van der Waals surface area contributed by atoms with E-state index in [1.165, 1.54) is 24.3 Å². The summed E-state index contributed by atoms with van der Waals surface area (Å²) in [4.78, 5) is 23.8. The Bertz CT molecular complexity index is 714. The van der Waals surface area contributed by atoms with Crippen molar-refractivity contribution in [2.45, 2.75) is 13.8 Å². The lowest BCUT2D eigenvalue weighted by Crippen LogP contribution is -2.41. The molecule has 5 nitrogen and oxygen atoms in total. The molecule has 0 radical (unpaired) electrons. The predicted molar refractivity (Wildman–Crippen MR) is 88.1 cm³/mol. The van der Waals surface area contributed by atoms with Gasteiger partial charge in [-0.3, -0.25) is 20.4 Å². The van der Waals surface area contributed by atoms with Gasteiger partial charge in [-0.15, -0.1) is 0 Å². The summed E-state index contributed by atoms with van der Waals surface area (Å²) in [6, 6.07) is 12.0. The SMILES string of the molecule is CC(C)COc1ccc(C(=O)NNC(=O)c2ccccc2F)cc1. The van der Waals surface area contributed by atoms with Crippen LogP contribution in [0.25, 0.3) is 0 Å². The van der Waals surface area contributed by atoms with Crippen molar-refractivity contribution in [3.63, 3.8) is 0 Å². The molecule has 2 N–H and O–H groups in total. The average molecular weight is 330 g/mol. The number of hydrazine groups is 1. The van der Waals surface area contributed by atoms with E-state index >= 15 is 0 Å². The van der Waals surface area contributed by atoms with E-state index in [4.69, 9.17) is 4.74 Å². The zero-order chi connectivity index (χ0) is 17.5. The highest BCUT2D eigenvalue weighted by Crippen LogP contribution is 2.13. The van der Waals surface area contributed by atoms with Crippen molar-refractivity contribution in [2.75, 3.05) is 6.61 Å². The van der Waals surface area contributed by atoms with Crippen LogP contribution in [0.1, 0.15) is 34.6 Å². The highest BCUT2D eigenvalue weighted by atomic mass is 19.1. The molecule has 0 atom stereocenters. The molecule has 0 unspecified atom stereocenters. The van der Waals surface area contributed by atoms with Gasteiger partial charge in [0.15, 0.2) is 0 Å². The van der Waals surface area contributed by atoms with Crippen molar-refractivity contribution < 1.29 is 18.7 Å². The first-order valence-corrected chi connectivity index (χ1v) is 7.55. The smallest absolute Gasteiger partial charge is 0.272 e. The Kier molecular flexibility index (Phi) is 5.89. The summed E-state index contributed by atoms with van der Waals surface area (Å²) in [5, 5.41) is 0. The molecule has 0 aliphatic heterocycles. The number of ether oxygens (including phenoxy) is 1. The Morgan fingerprint density at radius 2 is 1.62 bits per heavy atom. The number of amides is 2. The minimum absolute atomic E-state index is 0.143. The molecule has 2 aromatic rings. The molecule has 6 heteroatoms. The number of carbonyl (C=O) groups excluding carboxylic acids is 2. The maximum atomic E-state index is 13.5. The Morgan fingerprint density at radius 1 is 1.00 bits per heavy atom. The molecule has 24 heavy (non-hydrogen) atoms. The third kappa shape index (κ3) is 4.81. The largest absolute Gasteiger partial charge is 0.493 e. The van der Waals surface area contributed by atoms with Crippen LogP contribution in [0.2, 0.25) is 0 Å². The standard InChI is InChI=1S/C18H19FN2O3/c1-12(2)11-24-14-9-7-13(8-10-14)17(22)20-21-18(23)15-5-3-4-6-16(15)19/h3-10,12H,11H2,1-2H3,(H,20,22)(H,21,23). The van der Waals surface area contributed by atoms with E-state index < -0.39 is 17.6 Å². The van der Waals surface area contributed by atoms with Crippen molar-refractivity contribution in [2.24, 2.45) is 5.92 Å². The second kappa shape index (κ2) is 8.10. The molecular weight excluding hydrogens is 311 g/mol. The molecule has 0 spiro atoms. The molecule has 2 amide bonds. The van der Waals surface area contributed by atoms with E-state index in [1.54, 1.807) is 24.3 Å². The summed E-state index contributed by atoms with van der Waals surface area (Å²) in [5.74, 6) is -0.818. The molecule has 0 aliphatic carbocycles. The lowest BCUT2D eigenvalue weighted by atomic mass is 10.2. The summed E-state index contributed by atoms with van der Waals surface area (Å²) < 4.78 is 19.0. The van der Waals surface area contributed by atoms with Crippen molar-refractivity contribution in [3.05, 3.63) is 65.5 Å². The molecule has 0 heterocycles. The molecule has 2 rings (SSSR count). The number of halogens is 1. The van der Waals surface area contributed by atoms with Gasteiger partial charge in [0, 0.05) is 5.56 Å². The van der Waals surface area contributed by atoms with Gasteiger partial charge in [0.05, 0.1) is 12.2 Å². The molecule has 126 valence electrons. The van der Waals surface area contributed by atoms with E-state index in [-0.39, 0.29) is 5.56 Å². The van der Waals surface area contributed by atoms with Crippen molar-refractivity contribution in [3.8, 4) is 5.75 Å². The van der Waals surface area contributed by atoms with E-state index in [1.807, 2.05) is 13.8 Å². The van der Waals surface area contributed by atoms with Gasteiger partial charge in [-0.2, -0.15) is 0 Å². The van der Waals surface area contributed by atoms with Crippen LogP contribution in [0.4, 0.5) is 4.39 Å². The number of carbonyl (C=O) groups is 2. The van der Waals surface area contributed by atoms with E-state index in [0.29, 0.717) is 23.8 Å². The summed E-state index contributed by atoms with van der Waals surface area (Å²) in [7, 11) is 0. The van der Waals surface area contributed by atoms with Gasteiger partial charge in [0.2, 0.25) is 0 Å². The quantitative estimate of drug-likeness (QED) is 0.828. The Morgan fingerprint density at radius 3 is 2.25 bits per heavy atom. The van der Waals surface area contributed by atoms with Gasteiger partial charge in [-0.05, 0) is 42.3 Å². The molecule has 2 aromatic carbocycles. The van der Waals surface area contributed by atoms with Gasteiger partial charge < -0.3 is 4.74 Å². The first-order valence-electron chi connectivity index (χ1n) is 7.55. The highest BCUT2D eigenvalue weighted by molar-refractivity contribution is 5.99. The lowest BCUT2D eigenvalue weighted by Gasteiger charge is -2.10. The second-order valence-corrected chi connectivity index (χ2v) is 5.62. The fraction of sp³-hybridized carbons (Fsp3) is 0.222. The number of rotatable bonds is 5. The number of nitrogens with one attached hydrogen (secondary N) is 2. The summed E-state index contributed by atoms with van der Waals surface area (Å²) in [6.07, 6.45) is 0. The van der Waals surface area contributed by atoms with Gasteiger partial charge in [0.1, 0.15) is 11.6 Å². The van der Waals surface area contributed by atoms with Crippen LogP contribution >= 0.6 is 0 Å². The summed E-state index contributed by atoms with van der Waals surface area (Å²) in [6.45, 7) is 4.67. The minimum Gasteiger partial charge on any atom is -0.493 e. The summed E-state index contributed by atoms with van der Waals surface area (Å²) >= 11 is 0. The van der Waals surface area contributed by atoms with Crippen LogP contribution in [-0.2, 0) is 0 Å². The number of hydrogen-bond donors (Lipinski definition) is 2. The maximum Gasteiger partial charge on any atom is 0.272 e. The van der Waals surface area contributed by atoms with Gasteiger partial charge in [0.25, 0.3) is 11.8 Å². The Hall–Kier alpha value is -2.89. The van der Waals surface area contributed by atoms with Crippen LogP contribution in [0.15, 0.2) is 48.5 Å². The van der Waals surface area contributed by atoms with Crippen LogP contribution in [0.5, 0.6) is 5.75 Å². The fourth-order valence-electron chi connectivity index (χ4n) is 1.86. The molecule has 0 aliphatic rings. The zero-order valence-corrected chi connectivity index (χ0v) is 13.5. The Balaban J connectivity index is 1.90. The lowest BCUT2D eigenvalue weighted by molar-refractivity contribution is 0.0844. The topological polar surface area (TPSA) is 67.4 Å².